The lowest BCUT2D eigenvalue weighted by molar-refractivity contribution is -0.144. The van der Waals surface area contributed by atoms with E-state index in [0.717, 1.165) is 12.0 Å². The van der Waals surface area contributed by atoms with Gasteiger partial charge in [0, 0.05) is 44.0 Å². The number of ether oxygens (including phenoxy) is 1. The van der Waals surface area contributed by atoms with Gasteiger partial charge in [-0.05, 0) is 38.3 Å². The normalized spacial score (nSPS) is 21.1. The predicted molar refractivity (Wildman–Crippen MR) is 123 cm³/mol. The topological polar surface area (TPSA) is 79.0 Å². The maximum atomic E-state index is 13.7. The van der Waals surface area contributed by atoms with E-state index in [4.69, 9.17) is 4.74 Å². The Morgan fingerprint density at radius 1 is 1.19 bits per heavy atom. The van der Waals surface area contributed by atoms with Gasteiger partial charge in [0.05, 0.1) is 6.61 Å². The Labute approximate surface area is 191 Å². The number of hydrogen-bond donors (Lipinski definition) is 1. The maximum absolute atomic E-state index is 13.7. The minimum Gasteiger partial charge on any atom is -0.353 e. The molecule has 32 heavy (non-hydrogen) atoms. The molecule has 2 fully saturated rings. The van der Waals surface area contributed by atoms with Gasteiger partial charge in [0.1, 0.15) is 11.8 Å². The summed E-state index contributed by atoms with van der Waals surface area (Å²) in [5.74, 6) is 0.0533. The highest BCUT2D eigenvalue weighted by Crippen LogP contribution is 2.38. The Morgan fingerprint density at radius 3 is 2.47 bits per heavy atom. The molecule has 3 amide bonds. The smallest absolute Gasteiger partial charge is 0.256 e. The Kier molecular flexibility index (Phi) is 7.59. The number of carbonyl (C=O) groups is 3. The van der Waals surface area contributed by atoms with E-state index in [1.54, 1.807) is 11.0 Å². The number of piperidine rings is 1. The standard InChI is InChI=1S/C25H37N3O4/c1-6-19(5)26-23(30)21-16-32-25(10-12-27(13-11-25)22(29)14-17(2)3)28(21)24(31)20-9-7-8-18(4)15-20/h7-9,15,17,19,21H,6,10-14,16H2,1-5H3,(H,26,30). The van der Waals surface area contributed by atoms with Crippen LogP contribution >= 0.6 is 0 Å². The Bertz CT molecular complexity index is 845. The fraction of sp³-hybridized carbons (Fsp3) is 0.640. The van der Waals surface area contributed by atoms with Gasteiger partial charge in [-0.3, -0.25) is 19.3 Å². The molecule has 1 aromatic carbocycles. The van der Waals surface area contributed by atoms with E-state index in [2.05, 4.69) is 5.32 Å². The highest BCUT2D eigenvalue weighted by atomic mass is 16.5. The van der Waals surface area contributed by atoms with Crippen molar-refractivity contribution in [2.24, 2.45) is 5.92 Å². The molecule has 0 aliphatic carbocycles. The van der Waals surface area contributed by atoms with Gasteiger partial charge in [-0.2, -0.15) is 0 Å². The molecule has 2 saturated heterocycles. The van der Waals surface area contributed by atoms with Crippen LogP contribution < -0.4 is 5.32 Å². The fourth-order valence-corrected chi connectivity index (χ4v) is 4.51. The maximum Gasteiger partial charge on any atom is 0.256 e. The first-order valence-corrected chi connectivity index (χ1v) is 11.8. The third-order valence-corrected chi connectivity index (χ3v) is 6.53. The minimum absolute atomic E-state index is 0.0190. The first-order valence-electron chi connectivity index (χ1n) is 11.8. The molecule has 1 N–H and O–H groups in total. The van der Waals surface area contributed by atoms with Crippen LogP contribution in [0.3, 0.4) is 0 Å². The van der Waals surface area contributed by atoms with Gasteiger partial charge in [-0.25, -0.2) is 0 Å². The van der Waals surface area contributed by atoms with E-state index < -0.39 is 11.8 Å². The summed E-state index contributed by atoms with van der Waals surface area (Å²) in [6, 6.07) is 6.76. The Morgan fingerprint density at radius 2 is 1.88 bits per heavy atom. The Hall–Kier alpha value is -2.41. The van der Waals surface area contributed by atoms with Gasteiger partial charge in [0.15, 0.2) is 0 Å². The molecule has 0 saturated carbocycles. The van der Waals surface area contributed by atoms with Crippen LogP contribution in [0.2, 0.25) is 0 Å². The molecule has 2 heterocycles. The first kappa shape index (κ1) is 24.2. The van der Waals surface area contributed by atoms with Gasteiger partial charge >= 0.3 is 0 Å². The van der Waals surface area contributed by atoms with Crippen molar-refractivity contribution in [3.05, 3.63) is 35.4 Å². The predicted octanol–water partition coefficient (Wildman–Crippen LogP) is 3.12. The van der Waals surface area contributed by atoms with Crippen molar-refractivity contribution in [2.45, 2.75) is 78.1 Å². The third kappa shape index (κ3) is 5.14. The van der Waals surface area contributed by atoms with Crippen molar-refractivity contribution in [1.29, 1.82) is 0 Å². The molecule has 3 rings (SSSR count). The van der Waals surface area contributed by atoms with Crippen LogP contribution in [0, 0.1) is 12.8 Å². The van der Waals surface area contributed by atoms with Crippen molar-refractivity contribution in [2.75, 3.05) is 19.7 Å². The summed E-state index contributed by atoms with van der Waals surface area (Å²) in [6.45, 7) is 11.2. The first-order chi connectivity index (χ1) is 15.2. The molecule has 2 aliphatic heterocycles. The van der Waals surface area contributed by atoms with Crippen molar-refractivity contribution in [3.8, 4) is 0 Å². The molecular weight excluding hydrogens is 406 g/mol. The lowest BCUT2D eigenvalue weighted by atomic mass is 9.95. The van der Waals surface area contributed by atoms with Crippen LogP contribution in [0.1, 0.15) is 69.3 Å². The summed E-state index contributed by atoms with van der Waals surface area (Å²) in [6.07, 6.45) is 2.33. The summed E-state index contributed by atoms with van der Waals surface area (Å²) >= 11 is 0. The van der Waals surface area contributed by atoms with Crippen LogP contribution in [0.4, 0.5) is 0 Å². The van der Waals surface area contributed by atoms with Gasteiger partial charge in [-0.15, -0.1) is 0 Å². The molecule has 176 valence electrons. The van der Waals surface area contributed by atoms with Crippen molar-refractivity contribution < 1.29 is 19.1 Å². The van der Waals surface area contributed by atoms with E-state index in [-0.39, 0.29) is 30.4 Å². The number of carbonyl (C=O) groups excluding carboxylic acids is 3. The average Bonchev–Trinajstić information content (AvgIpc) is 3.11. The summed E-state index contributed by atoms with van der Waals surface area (Å²) in [5.41, 5.74) is 0.668. The zero-order chi connectivity index (χ0) is 23.5. The lowest BCUT2D eigenvalue weighted by Gasteiger charge is -2.44. The van der Waals surface area contributed by atoms with E-state index in [9.17, 15) is 14.4 Å². The number of likely N-dealkylation sites (tertiary alicyclic amines) is 1. The lowest BCUT2D eigenvalue weighted by Crippen LogP contribution is -2.60. The second kappa shape index (κ2) is 10.0. The second-order valence-corrected chi connectivity index (χ2v) is 9.61. The number of nitrogens with one attached hydrogen (secondary N) is 1. The van der Waals surface area contributed by atoms with Gasteiger partial charge in [0.2, 0.25) is 11.8 Å². The van der Waals surface area contributed by atoms with E-state index >= 15 is 0 Å². The number of amides is 3. The molecule has 2 atom stereocenters. The molecule has 0 radical (unpaired) electrons. The van der Waals surface area contributed by atoms with Crippen LogP contribution in [-0.2, 0) is 14.3 Å². The zero-order valence-electron chi connectivity index (χ0n) is 20.0. The summed E-state index contributed by atoms with van der Waals surface area (Å²) < 4.78 is 6.23. The van der Waals surface area contributed by atoms with Gasteiger partial charge < -0.3 is 15.0 Å². The van der Waals surface area contributed by atoms with Crippen molar-refractivity contribution in [3.63, 3.8) is 0 Å². The van der Waals surface area contributed by atoms with Crippen LogP contribution in [0.25, 0.3) is 0 Å². The van der Waals surface area contributed by atoms with Gasteiger partial charge in [0.25, 0.3) is 5.91 Å². The molecule has 7 heteroatoms. The van der Waals surface area contributed by atoms with Crippen LogP contribution in [0.5, 0.6) is 0 Å². The highest BCUT2D eigenvalue weighted by molar-refractivity contribution is 5.98. The van der Waals surface area contributed by atoms with E-state index in [1.807, 2.05) is 57.7 Å². The molecule has 1 aromatic rings. The summed E-state index contributed by atoms with van der Waals surface area (Å²) in [5, 5.41) is 3.01. The Balaban J connectivity index is 1.85. The molecule has 7 nitrogen and oxygen atoms in total. The number of hydrogen-bond acceptors (Lipinski definition) is 4. The zero-order valence-corrected chi connectivity index (χ0v) is 20.0. The molecular formula is C25H37N3O4. The van der Waals surface area contributed by atoms with Crippen LogP contribution in [0.15, 0.2) is 24.3 Å². The van der Waals surface area contributed by atoms with Crippen molar-refractivity contribution in [1.82, 2.24) is 15.1 Å². The summed E-state index contributed by atoms with van der Waals surface area (Å²) in [4.78, 5) is 42.9. The molecule has 0 bridgehead atoms. The number of aryl methyl sites for hydroxylation is 1. The van der Waals surface area contributed by atoms with Crippen LogP contribution in [-0.4, -0.2) is 65.0 Å². The number of rotatable bonds is 6. The quantitative estimate of drug-likeness (QED) is 0.733. The summed E-state index contributed by atoms with van der Waals surface area (Å²) in [7, 11) is 0. The molecule has 0 aromatic heterocycles. The minimum atomic E-state index is -0.868. The van der Waals surface area contributed by atoms with E-state index in [1.165, 1.54) is 0 Å². The number of benzene rings is 1. The molecule has 1 spiro atoms. The highest BCUT2D eigenvalue weighted by Gasteiger charge is 2.54. The molecule has 2 aliphatic rings. The second-order valence-electron chi connectivity index (χ2n) is 9.61. The third-order valence-electron chi connectivity index (χ3n) is 6.53. The van der Waals surface area contributed by atoms with Gasteiger partial charge in [-0.1, -0.05) is 38.5 Å². The monoisotopic (exact) mass is 443 g/mol. The van der Waals surface area contributed by atoms with E-state index in [0.29, 0.717) is 43.8 Å². The number of nitrogens with zero attached hydrogens (tertiary/aromatic N) is 2. The largest absolute Gasteiger partial charge is 0.353 e. The fourth-order valence-electron chi connectivity index (χ4n) is 4.51. The van der Waals surface area contributed by atoms with Crippen molar-refractivity contribution >= 4 is 17.7 Å². The SMILES string of the molecule is CCC(C)NC(=O)C1COC2(CCN(C(=O)CC(C)C)CC2)N1C(=O)c1cccc(C)c1. The molecule has 2 unspecified atom stereocenters. The average molecular weight is 444 g/mol.